The molecule has 1 aliphatic heterocycles. The normalized spacial score (nSPS) is 16.0. The van der Waals surface area contributed by atoms with Crippen LogP contribution >= 0.6 is 11.6 Å². The van der Waals surface area contributed by atoms with Crippen molar-refractivity contribution >= 4 is 29.5 Å². The Balaban J connectivity index is 1.95. The van der Waals surface area contributed by atoms with Crippen molar-refractivity contribution in [3.8, 4) is 5.82 Å². The first-order chi connectivity index (χ1) is 13.8. The third kappa shape index (κ3) is 3.38. The number of hydrogen-bond acceptors (Lipinski definition) is 5. The van der Waals surface area contributed by atoms with Crippen LogP contribution in [0.4, 0.5) is 18.9 Å². The highest BCUT2D eigenvalue weighted by Crippen LogP contribution is 2.37. The first-order valence-corrected chi connectivity index (χ1v) is 8.76. The van der Waals surface area contributed by atoms with Crippen LogP contribution in [0.15, 0.2) is 47.6 Å². The smallest absolute Gasteiger partial charge is 0.435 e. The number of pyridine rings is 1. The van der Waals surface area contributed by atoms with E-state index in [1.54, 1.807) is 25.1 Å². The Morgan fingerprint density at radius 1 is 1.24 bits per heavy atom. The molecule has 1 atom stereocenters. The summed E-state index contributed by atoms with van der Waals surface area (Å²) in [6.07, 6.45) is -3.80. The van der Waals surface area contributed by atoms with Gasteiger partial charge < -0.3 is 4.74 Å². The summed E-state index contributed by atoms with van der Waals surface area (Å²) in [5.41, 5.74) is 0.437. The van der Waals surface area contributed by atoms with E-state index in [1.165, 1.54) is 18.3 Å². The second kappa shape index (κ2) is 7.00. The van der Waals surface area contributed by atoms with Gasteiger partial charge in [0.2, 0.25) is 5.90 Å². The number of aliphatic imine (C=N–C) groups is 1. The lowest BCUT2D eigenvalue weighted by molar-refractivity contribution is -0.141. The lowest BCUT2D eigenvalue weighted by Crippen LogP contribution is -2.21. The molecule has 0 N–H and O–H groups in total. The van der Waals surface area contributed by atoms with Crippen molar-refractivity contribution in [2.75, 3.05) is 0 Å². The zero-order chi connectivity index (χ0) is 20.8. The van der Waals surface area contributed by atoms with Gasteiger partial charge in [0.25, 0.3) is 0 Å². The number of fused-ring (bicyclic) bond motifs is 1. The van der Waals surface area contributed by atoms with Gasteiger partial charge >= 0.3 is 6.18 Å². The third-order valence-electron chi connectivity index (χ3n) is 4.31. The van der Waals surface area contributed by atoms with E-state index in [4.69, 9.17) is 16.3 Å². The molecular formula is C19H12ClF3N4O2. The molecule has 0 fully saturated rings. The number of aldehydes is 1. The van der Waals surface area contributed by atoms with Crippen LogP contribution in [-0.4, -0.2) is 26.9 Å². The number of carbonyl (C=O) groups is 1. The van der Waals surface area contributed by atoms with Crippen LogP contribution in [-0.2, 0) is 15.7 Å². The maximum Gasteiger partial charge on any atom is 0.435 e. The molecule has 10 heteroatoms. The van der Waals surface area contributed by atoms with Crippen LogP contribution in [0, 0.1) is 6.92 Å². The average Bonchev–Trinajstić information content (AvgIpc) is 3.14. The number of ether oxygens (including phenoxy) is 1. The van der Waals surface area contributed by atoms with Crippen LogP contribution in [0.25, 0.3) is 5.82 Å². The van der Waals surface area contributed by atoms with Crippen LogP contribution in [0.5, 0.6) is 0 Å². The number of hydrogen-bond donors (Lipinski definition) is 0. The predicted octanol–water partition coefficient (Wildman–Crippen LogP) is 4.60. The van der Waals surface area contributed by atoms with Crippen LogP contribution < -0.4 is 0 Å². The van der Waals surface area contributed by atoms with E-state index in [2.05, 4.69) is 15.1 Å². The van der Waals surface area contributed by atoms with Crippen LogP contribution in [0.3, 0.4) is 0 Å². The molecule has 0 saturated carbocycles. The molecule has 2 aromatic heterocycles. The van der Waals surface area contributed by atoms with Gasteiger partial charge in [-0.15, -0.1) is 0 Å². The van der Waals surface area contributed by atoms with E-state index in [0.717, 1.165) is 16.3 Å². The maximum atomic E-state index is 13.3. The van der Waals surface area contributed by atoms with Crippen molar-refractivity contribution in [1.82, 2.24) is 14.8 Å². The largest absolute Gasteiger partial charge is 0.460 e. The molecule has 1 unspecified atom stereocenters. The van der Waals surface area contributed by atoms with Crippen molar-refractivity contribution in [2.45, 2.75) is 19.2 Å². The van der Waals surface area contributed by atoms with Crippen LogP contribution in [0.2, 0.25) is 5.02 Å². The van der Waals surface area contributed by atoms with Gasteiger partial charge in [-0.2, -0.15) is 18.3 Å². The average molecular weight is 421 g/mol. The summed E-state index contributed by atoms with van der Waals surface area (Å²) in [4.78, 5) is 20.0. The molecule has 1 aromatic carbocycles. The van der Waals surface area contributed by atoms with E-state index >= 15 is 0 Å². The maximum absolute atomic E-state index is 13.3. The van der Waals surface area contributed by atoms with E-state index in [0.29, 0.717) is 17.5 Å². The van der Waals surface area contributed by atoms with Gasteiger partial charge in [0.15, 0.2) is 23.9 Å². The molecule has 3 heterocycles. The Morgan fingerprint density at radius 3 is 2.72 bits per heavy atom. The lowest BCUT2D eigenvalue weighted by atomic mass is 10.0. The fraction of sp³-hybridized carbons (Fsp3) is 0.158. The molecule has 3 aromatic rings. The highest BCUT2D eigenvalue weighted by Gasteiger charge is 2.37. The van der Waals surface area contributed by atoms with Crippen molar-refractivity contribution < 1.29 is 22.7 Å². The first kappa shape index (κ1) is 19.1. The van der Waals surface area contributed by atoms with Gasteiger partial charge in [-0.3, -0.25) is 4.79 Å². The minimum atomic E-state index is -4.71. The van der Waals surface area contributed by atoms with E-state index in [1.807, 2.05) is 0 Å². The van der Waals surface area contributed by atoms with Gasteiger partial charge in [-0.25, -0.2) is 14.7 Å². The number of benzene rings is 1. The number of rotatable bonds is 3. The fourth-order valence-corrected chi connectivity index (χ4v) is 3.16. The van der Waals surface area contributed by atoms with Gasteiger partial charge in [-0.05, 0) is 24.6 Å². The molecule has 29 heavy (non-hydrogen) atoms. The lowest BCUT2D eigenvalue weighted by Gasteiger charge is -2.23. The highest BCUT2D eigenvalue weighted by molar-refractivity contribution is 6.32. The minimum absolute atomic E-state index is 0.0239. The Bertz CT molecular complexity index is 1140. The molecule has 0 aliphatic carbocycles. The Labute approximate surface area is 167 Å². The molecule has 148 valence electrons. The summed E-state index contributed by atoms with van der Waals surface area (Å²) >= 11 is 6.11. The molecule has 0 amide bonds. The summed E-state index contributed by atoms with van der Waals surface area (Å²) < 4.78 is 46.6. The van der Waals surface area contributed by atoms with E-state index in [-0.39, 0.29) is 22.4 Å². The Morgan fingerprint density at radius 2 is 2.03 bits per heavy atom. The molecular weight excluding hydrogens is 409 g/mol. The molecule has 0 bridgehead atoms. The molecule has 0 saturated heterocycles. The number of carbonyl (C=O) groups excluding carboxylic acids is 1. The zero-order valence-corrected chi connectivity index (χ0v) is 15.6. The quantitative estimate of drug-likeness (QED) is 0.581. The van der Waals surface area contributed by atoms with Crippen LogP contribution in [0.1, 0.15) is 28.6 Å². The number of para-hydroxylation sites is 1. The number of aromatic nitrogens is 3. The van der Waals surface area contributed by atoms with Crippen molar-refractivity contribution in [1.29, 1.82) is 0 Å². The topological polar surface area (TPSA) is 69.4 Å². The van der Waals surface area contributed by atoms with E-state index < -0.39 is 18.0 Å². The SMILES string of the molecule is Cc1cccc2c1N=C(c1cc(C(F)(F)F)nn1-c1ncccc1Cl)OC2C=O. The number of alkyl halides is 3. The van der Waals surface area contributed by atoms with Gasteiger partial charge in [0, 0.05) is 17.8 Å². The Kier molecular flexibility index (Phi) is 4.62. The number of halogens is 4. The summed E-state index contributed by atoms with van der Waals surface area (Å²) in [7, 11) is 0. The number of aryl methyl sites for hydroxylation is 1. The minimum Gasteiger partial charge on any atom is -0.460 e. The molecule has 4 rings (SSSR count). The van der Waals surface area contributed by atoms with Crippen molar-refractivity contribution in [3.05, 3.63) is 70.1 Å². The van der Waals surface area contributed by atoms with Crippen molar-refractivity contribution in [3.63, 3.8) is 0 Å². The molecule has 0 radical (unpaired) electrons. The summed E-state index contributed by atoms with van der Waals surface area (Å²) in [6, 6.07) is 9.00. The summed E-state index contributed by atoms with van der Waals surface area (Å²) in [6.45, 7) is 1.78. The standard InChI is InChI=1S/C19H12ClF3N4O2/c1-10-4-2-5-11-14(9-28)29-18(25-16(10)11)13-8-15(19(21,22)23)26-27(13)17-12(20)6-3-7-24-17/h2-9,14H,1H3. The number of nitrogens with zero attached hydrogens (tertiary/aromatic N) is 4. The summed E-state index contributed by atoms with van der Waals surface area (Å²) in [5, 5.41) is 3.70. The van der Waals surface area contributed by atoms with Gasteiger partial charge in [-0.1, -0.05) is 29.8 Å². The first-order valence-electron chi connectivity index (χ1n) is 8.38. The monoisotopic (exact) mass is 420 g/mol. The molecule has 1 aliphatic rings. The van der Waals surface area contributed by atoms with Crippen molar-refractivity contribution in [2.24, 2.45) is 4.99 Å². The predicted molar refractivity (Wildman–Crippen MR) is 98.6 cm³/mol. The van der Waals surface area contributed by atoms with E-state index in [9.17, 15) is 18.0 Å². The van der Waals surface area contributed by atoms with Gasteiger partial charge in [0.1, 0.15) is 5.69 Å². The molecule has 0 spiro atoms. The zero-order valence-electron chi connectivity index (χ0n) is 14.8. The Hall–Kier alpha value is -3.20. The second-order valence-electron chi connectivity index (χ2n) is 6.24. The highest BCUT2D eigenvalue weighted by atomic mass is 35.5. The third-order valence-corrected chi connectivity index (χ3v) is 4.60. The molecule has 6 nitrogen and oxygen atoms in total. The fourth-order valence-electron chi connectivity index (χ4n) is 2.96. The summed E-state index contributed by atoms with van der Waals surface area (Å²) in [5.74, 6) is -0.210. The second-order valence-corrected chi connectivity index (χ2v) is 6.64. The van der Waals surface area contributed by atoms with Gasteiger partial charge in [0.05, 0.1) is 10.7 Å².